The van der Waals surface area contributed by atoms with Gasteiger partial charge in [-0.1, -0.05) is 87.1 Å². The Morgan fingerprint density at radius 3 is 2.15 bits per heavy atom. The van der Waals surface area contributed by atoms with Crippen molar-refractivity contribution in [2.45, 2.75) is 70.3 Å². The molecule has 0 unspecified atom stereocenters. The number of rotatable bonds is 19. The first kappa shape index (κ1) is 40.3. The number of aromatic nitrogens is 4. The molecule has 0 bridgehead atoms. The van der Waals surface area contributed by atoms with E-state index in [1.807, 2.05) is 84.9 Å². The minimum atomic E-state index is -0.484. The lowest BCUT2D eigenvalue weighted by Gasteiger charge is -2.32. The summed E-state index contributed by atoms with van der Waals surface area (Å²) in [5.41, 5.74) is 10.4. The highest BCUT2D eigenvalue weighted by Crippen LogP contribution is 2.38. The molecule has 1 aliphatic heterocycles. The molecule has 1 saturated heterocycles. The van der Waals surface area contributed by atoms with E-state index in [9.17, 15) is 9.59 Å². The van der Waals surface area contributed by atoms with Crippen LogP contribution in [0.4, 0.5) is 5.82 Å². The van der Waals surface area contributed by atoms with Crippen LogP contribution in [0.5, 0.6) is 23.0 Å². The third kappa shape index (κ3) is 9.66. The molecule has 308 valence electrons. The molecule has 7 aromatic rings. The van der Waals surface area contributed by atoms with Gasteiger partial charge in [-0.05, 0) is 74.2 Å². The number of hydrogen-bond acceptors (Lipinski definition) is 11. The summed E-state index contributed by atoms with van der Waals surface area (Å²) in [6, 6.07) is 32.3. The molecule has 1 aliphatic rings. The number of unbranched alkanes of at least 4 members (excludes halogenated alkanes) is 7. The zero-order chi connectivity index (χ0) is 41.1. The number of carbonyl (C=O) groups excluding carboxylic acids is 1. The number of anilines is 1. The second kappa shape index (κ2) is 19.5. The normalized spacial score (nSPS) is 13.5. The summed E-state index contributed by atoms with van der Waals surface area (Å²) in [4.78, 5) is 35.0. The third-order valence-electron chi connectivity index (χ3n) is 11.2. The molecule has 0 spiro atoms. The molecule has 4 heterocycles. The summed E-state index contributed by atoms with van der Waals surface area (Å²) in [6.07, 6.45) is 12.7. The van der Waals surface area contributed by atoms with Crippen molar-refractivity contribution in [1.29, 1.82) is 0 Å². The number of piperidine rings is 1. The number of benzene rings is 4. The maximum Gasteiger partial charge on any atom is 0.336 e. The van der Waals surface area contributed by atoms with Crippen LogP contribution < -0.4 is 25.6 Å². The first-order valence-electron chi connectivity index (χ1n) is 21.0. The van der Waals surface area contributed by atoms with Crippen molar-refractivity contribution in [2.24, 2.45) is 0 Å². The lowest BCUT2D eigenvalue weighted by Crippen LogP contribution is -2.35. The van der Waals surface area contributed by atoms with Gasteiger partial charge in [0, 0.05) is 42.4 Å². The smallest absolute Gasteiger partial charge is 0.336 e. The number of likely N-dealkylation sites (tertiary alicyclic amines) is 1. The van der Waals surface area contributed by atoms with E-state index in [-0.39, 0.29) is 11.8 Å². The van der Waals surface area contributed by atoms with Gasteiger partial charge in [-0.25, -0.2) is 19.4 Å². The number of fused-ring (bicyclic) bond motifs is 2. The van der Waals surface area contributed by atoms with E-state index in [2.05, 4.69) is 19.5 Å². The Labute approximate surface area is 348 Å². The molecule has 8 rings (SSSR count). The van der Waals surface area contributed by atoms with Crippen LogP contribution in [0.2, 0.25) is 0 Å². The fraction of sp³-hybridized carbons (Fsp3) is 0.312. The molecule has 0 saturated carbocycles. The van der Waals surface area contributed by atoms with Crippen LogP contribution in [0.3, 0.4) is 0 Å². The van der Waals surface area contributed by atoms with Crippen LogP contribution >= 0.6 is 0 Å². The Balaban J connectivity index is 0.753. The minimum absolute atomic E-state index is 0.244. The van der Waals surface area contributed by atoms with Gasteiger partial charge in [0.1, 0.15) is 46.4 Å². The summed E-state index contributed by atoms with van der Waals surface area (Å²) < 4.78 is 24.9. The summed E-state index contributed by atoms with van der Waals surface area (Å²) in [6.45, 7) is 4.03. The Bertz CT molecular complexity index is 2550. The zero-order valence-electron chi connectivity index (χ0n) is 33.7. The van der Waals surface area contributed by atoms with Crippen LogP contribution in [-0.2, 0) is 4.79 Å². The molecule has 0 atom stereocenters. The molecule has 3 aromatic heterocycles. The van der Waals surface area contributed by atoms with Gasteiger partial charge in [0.25, 0.3) is 6.47 Å². The second-order valence-electron chi connectivity index (χ2n) is 15.3. The summed E-state index contributed by atoms with van der Waals surface area (Å²) >= 11 is 0. The largest absolute Gasteiger partial charge is 0.493 e. The van der Waals surface area contributed by atoms with Crippen LogP contribution in [0.25, 0.3) is 44.4 Å². The molecule has 0 radical (unpaired) electrons. The van der Waals surface area contributed by atoms with E-state index < -0.39 is 5.63 Å². The van der Waals surface area contributed by atoms with Gasteiger partial charge in [0.2, 0.25) is 0 Å². The lowest BCUT2D eigenvalue weighted by molar-refractivity contribution is -0.120. The number of hydrogen-bond donors (Lipinski definition) is 1. The maximum atomic E-state index is 12.4. The van der Waals surface area contributed by atoms with E-state index in [0.29, 0.717) is 41.2 Å². The van der Waals surface area contributed by atoms with Gasteiger partial charge >= 0.3 is 5.63 Å². The van der Waals surface area contributed by atoms with E-state index >= 15 is 0 Å². The highest BCUT2D eigenvalue weighted by atomic mass is 16.5. The Morgan fingerprint density at radius 2 is 1.42 bits per heavy atom. The molecular weight excluding hydrogens is 757 g/mol. The van der Waals surface area contributed by atoms with Gasteiger partial charge in [-0.2, -0.15) is 5.10 Å². The third-order valence-corrected chi connectivity index (χ3v) is 11.2. The number of ether oxygens (including phenoxy) is 3. The van der Waals surface area contributed by atoms with Crippen molar-refractivity contribution in [2.75, 3.05) is 32.0 Å². The van der Waals surface area contributed by atoms with Crippen LogP contribution in [0.15, 0.2) is 119 Å². The number of nitrogens with zero attached hydrogens (tertiary/aromatic N) is 5. The predicted molar refractivity (Wildman–Crippen MR) is 233 cm³/mol. The number of carbonyl (C=O) groups is 1. The van der Waals surface area contributed by atoms with Crippen molar-refractivity contribution in [1.82, 2.24) is 24.6 Å². The molecular formula is C48H50N6O6. The van der Waals surface area contributed by atoms with Crippen molar-refractivity contribution in [3.05, 3.63) is 120 Å². The van der Waals surface area contributed by atoms with Gasteiger partial charge in [0.05, 0.1) is 23.4 Å². The molecule has 12 heteroatoms. The quantitative estimate of drug-likeness (QED) is 0.0473. The lowest BCUT2D eigenvalue weighted by atomic mass is 10.0. The van der Waals surface area contributed by atoms with Crippen LogP contribution in [0.1, 0.15) is 70.3 Å². The summed E-state index contributed by atoms with van der Waals surface area (Å²) in [5.74, 6) is 2.76. The average Bonchev–Trinajstić information content (AvgIpc) is 3.67. The highest BCUT2D eigenvalue weighted by Gasteiger charge is 2.26. The van der Waals surface area contributed by atoms with E-state index in [1.54, 1.807) is 12.1 Å². The van der Waals surface area contributed by atoms with Crippen LogP contribution in [-0.4, -0.2) is 57.4 Å². The van der Waals surface area contributed by atoms with Crippen LogP contribution in [0, 0.1) is 0 Å². The van der Waals surface area contributed by atoms with Crippen molar-refractivity contribution >= 4 is 34.3 Å². The Morgan fingerprint density at radius 1 is 0.733 bits per heavy atom. The molecule has 0 aliphatic carbocycles. The average molecular weight is 807 g/mol. The van der Waals surface area contributed by atoms with Crippen molar-refractivity contribution in [3.63, 3.8) is 0 Å². The highest BCUT2D eigenvalue weighted by molar-refractivity contribution is 5.99. The second-order valence-corrected chi connectivity index (χ2v) is 15.3. The SMILES string of the molecule is Nc1ncnc2c1c(-c1ccc(Oc3ccccc3)cc1)nn2C1CCN(CCCCCCCCCCOc2cc(OC=O)cc3oc(=O)cc(-c4ccccc4)c23)CC1. The molecule has 60 heavy (non-hydrogen) atoms. The van der Waals surface area contributed by atoms with E-state index in [0.717, 1.165) is 91.1 Å². The molecule has 0 amide bonds. The Hall–Kier alpha value is -6.53. The monoisotopic (exact) mass is 806 g/mol. The maximum absolute atomic E-state index is 12.4. The molecule has 2 N–H and O–H groups in total. The Kier molecular flexibility index (Phi) is 13.1. The van der Waals surface area contributed by atoms with E-state index in [1.165, 1.54) is 44.5 Å². The number of para-hydroxylation sites is 1. The van der Waals surface area contributed by atoms with Crippen molar-refractivity contribution in [3.8, 4) is 45.4 Å². The van der Waals surface area contributed by atoms with Crippen molar-refractivity contribution < 1.29 is 23.4 Å². The van der Waals surface area contributed by atoms with E-state index in [4.69, 9.17) is 29.5 Å². The number of nitrogens with two attached hydrogens (primary N) is 1. The fourth-order valence-electron chi connectivity index (χ4n) is 8.15. The van der Waals surface area contributed by atoms with Gasteiger partial charge in [-0.3, -0.25) is 4.79 Å². The zero-order valence-corrected chi connectivity index (χ0v) is 33.7. The summed E-state index contributed by atoms with van der Waals surface area (Å²) in [7, 11) is 0. The standard InChI is InChI=1S/C48H50N6O6/c49-47-45-46(35-19-21-38(22-20-35)59-37-17-11-8-12-18-37)52-54(48(45)51-32-50-47)36-23-26-53(27-24-36)25-13-5-3-1-2-4-6-14-28-57-41-29-39(58-33-55)30-42-44(41)40(31-43(56)60-42)34-15-9-7-10-16-34/h7-12,15-22,29-33,36H,1-6,13-14,23-28H2,(H2,49,50,51). The van der Waals surface area contributed by atoms with Gasteiger partial charge < -0.3 is 29.3 Å². The molecule has 1 fully saturated rings. The molecule has 4 aromatic carbocycles. The van der Waals surface area contributed by atoms with Gasteiger partial charge in [0.15, 0.2) is 5.65 Å². The predicted octanol–water partition coefficient (Wildman–Crippen LogP) is 10.0. The first-order chi connectivity index (χ1) is 29.5. The minimum Gasteiger partial charge on any atom is -0.493 e. The number of nitrogen functional groups attached to an aromatic ring is 1. The first-order valence-corrected chi connectivity index (χ1v) is 21.0. The molecule has 12 nitrogen and oxygen atoms in total. The topological polar surface area (TPSA) is 148 Å². The summed E-state index contributed by atoms with van der Waals surface area (Å²) in [5, 5.41) is 6.57. The fourth-order valence-corrected chi connectivity index (χ4v) is 8.15. The van der Waals surface area contributed by atoms with Gasteiger partial charge in [-0.15, -0.1) is 0 Å².